The van der Waals surface area contributed by atoms with Gasteiger partial charge in [0.25, 0.3) is 0 Å². The standard InChI is InChI=1S/C15H21N3O/c1-4-15(16)12-5-7-13(8-6-12)19-14-9-17-18(10-14)11(2)3/h5-11,15H,4,16H2,1-3H3. The van der Waals surface area contributed by atoms with Crippen LogP contribution in [0.1, 0.15) is 44.8 Å². The van der Waals surface area contributed by atoms with Crippen LogP contribution >= 0.6 is 0 Å². The second kappa shape index (κ2) is 5.89. The minimum atomic E-state index is 0.0951. The van der Waals surface area contributed by atoms with Gasteiger partial charge in [-0.3, -0.25) is 4.68 Å². The molecule has 19 heavy (non-hydrogen) atoms. The van der Waals surface area contributed by atoms with Crippen LogP contribution in [-0.4, -0.2) is 9.78 Å². The maximum Gasteiger partial charge on any atom is 0.165 e. The van der Waals surface area contributed by atoms with Crippen LogP contribution in [0.2, 0.25) is 0 Å². The molecule has 1 unspecified atom stereocenters. The van der Waals surface area contributed by atoms with Gasteiger partial charge in [0.15, 0.2) is 5.75 Å². The SMILES string of the molecule is CCC(N)c1ccc(Oc2cnn(C(C)C)c2)cc1. The first-order chi connectivity index (χ1) is 9.10. The van der Waals surface area contributed by atoms with Gasteiger partial charge in [-0.2, -0.15) is 5.10 Å². The van der Waals surface area contributed by atoms with E-state index in [1.807, 2.05) is 35.1 Å². The molecule has 0 spiro atoms. The Kier molecular flexibility index (Phi) is 4.22. The van der Waals surface area contributed by atoms with Crippen molar-refractivity contribution in [1.82, 2.24) is 9.78 Å². The molecule has 102 valence electrons. The monoisotopic (exact) mass is 259 g/mol. The minimum absolute atomic E-state index is 0.0951. The summed E-state index contributed by atoms with van der Waals surface area (Å²) in [7, 11) is 0. The lowest BCUT2D eigenvalue weighted by Gasteiger charge is -2.10. The first-order valence-corrected chi connectivity index (χ1v) is 6.67. The Morgan fingerprint density at radius 1 is 1.21 bits per heavy atom. The van der Waals surface area contributed by atoms with Gasteiger partial charge in [-0.1, -0.05) is 19.1 Å². The van der Waals surface area contributed by atoms with Crippen molar-refractivity contribution in [3.05, 3.63) is 42.2 Å². The van der Waals surface area contributed by atoms with E-state index in [4.69, 9.17) is 10.5 Å². The molecular formula is C15H21N3O. The van der Waals surface area contributed by atoms with Gasteiger partial charge >= 0.3 is 0 Å². The number of rotatable bonds is 5. The highest BCUT2D eigenvalue weighted by Gasteiger charge is 2.06. The van der Waals surface area contributed by atoms with Crippen molar-refractivity contribution < 1.29 is 4.74 Å². The summed E-state index contributed by atoms with van der Waals surface area (Å²) in [5.41, 5.74) is 7.11. The number of nitrogens with two attached hydrogens (primary N) is 1. The van der Waals surface area contributed by atoms with Crippen LogP contribution in [0.25, 0.3) is 0 Å². The van der Waals surface area contributed by atoms with E-state index >= 15 is 0 Å². The van der Waals surface area contributed by atoms with Crippen LogP contribution in [0.15, 0.2) is 36.7 Å². The first-order valence-electron chi connectivity index (χ1n) is 6.67. The molecule has 1 aromatic heterocycles. The lowest BCUT2D eigenvalue weighted by molar-refractivity contribution is 0.476. The highest BCUT2D eigenvalue weighted by Crippen LogP contribution is 2.23. The highest BCUT2D eigenvalue weighted by molar-refractivity contribution is 5.32. The summed E-state index contributed by atoms with van der Waals surface area (Å²) in [4.78, 5) is 0. The Hall–Kier alpha value is -1.81. The summed E-state index contributed by atoms with van der Waals surface area (Å²) in [6, 6.07) is 8.34. The Bertz CT molecular complexity index is 516. The van der Waals surface area contributed by atoms with E-state index in [0.29, 0.717) is 6.04 Å². The molecule has 0 radical (unpaired) electrons. The molecule has 4 heteroatoms. The molecule has 0 aliphatic carbocycles. The summed E-state index contributed by atoms with van der Waals surface area (Å²) >= 11 is 0. The third-order valence-electron chi connectivity index (χ3n) is 3.09. The lowest BCUT2D eigenvalue weighted by Crippen LogP contribution is -2.07. The fourth-order valence-corrected chi connectivity index (χ4v) is 1.81. The van der Waals surface area contributed by atoms with Crippen LogP contribution in [0.5, 0.6) is 11.5 Å². The molecule has 0 saturated heterocycles. The van der Waals surface area contributed by atoms with E-state index in [9.17, 15) is 0 Å². The van der Waals surface area contributed by atoms with Crippen molar-refractivity contribution in [2.24, 2.45) is 5.73 Å². The van der Waals surface area contributed by atoms with Crippen LogP contribution < -0.4 is 10.5 Å². The van der Waals surface area contributed by atoms with Crippen molar-refractivity contribution in [1.29, 1.82) is 0 Å². The van der Waals surface area contributed by atoms with Gasteiger partial charge in [-0.05, 0) is 38.0 Å². The average molecular weight is 259 g/mol. The molecule has 1 atom stereocenters. The molecule has 4 nitrogen and oxygen atoms in total. The number of hydrogen-bond acceptors (Lipinski definition) is 3. The van der Waals surface area contributed by atoms with Crippen LogP contribution in [0, 0.1) is 0 Å². The molecule has 0 bridgehead atoms. The van der Waals surface area contributed by atoms with E-state index < -0.39 is 0 Å². The molecular weight excluding hydrogens is 238 g/mol. The molecule has 2 rings (SSSR count). The topological polar surface area (TPSA) is 53.1 Å². The number of hydrogen-bond donors (Lipinski definition) is 1. The quantitative estimate of drug-likeness (QED) is 0.891. The van der Waals surface area contributed by atoms with Crippen molar-refractivity contribution in [2.45, 2.75) is 39.3 Å². The van der Waals surface area contributed by atoms with Crippen LogP contribution in [-0.2, 0) is 0 Å². The normalized spacial score (nSPS) is 12.7. The Morgan fingerprint density at radius 2 is 1.89 bits per heavy atom. The number of benzene rings is 1. The zero-order valence-corrected chi connectivity index (χ0v) is 11.7. The largest absolute Gasteiger partial charge is 0.454 e. The predicted molar refractivity (Wildman–Crippen MR) is 76.3 cm³/mol. The number of ether oxygens (including phenoxy) is 1. The fraction of sp³-hybridized carbons (Fsp3) is 0.400. The van der Waals surface area contributed by atoms with Gasteiger partial charge in [-0.25, -0.2) is 0 Å². The highest BCUT2D eigenvalue weighted by atomic mass is 16.5. The molecule has 2 aromatic rings. The molecule has 2 N–H and O–H groups in total. The molecule has 1 aromatic carbocycles. The van der Waals surface area contributed by atoms with Crippen molar-refractivity contribution in [3.8, 4) is 11.5 Å². The van der Waals surface area contributed by atoms with E-state index in [-0.39, 0.29) is 6.04 Å². The number of aromatic nitrogens is 2. The summed E-state index contributed by atoms with van der Waals surface area (Å²) in [5.74, 6) is 1.55. The van der Waals surface area contributed by atoms with Crippen molar-refractivity contribution in [2.75, 3.05) is 0 Å². The third kappa shape index (κ3) is 3.35. The lowest BCUT2D eigenvalue weighted by atomic mass is 10.1. The molecule has 0 saturated carbocycles. The van der Waals surface area contributed by atoms with E-state index in [1.165, 1.54) is 0 Å². The van der Waals surface area contributed by atoms with Gasteiger partial charge < -0.3 is 10.5 Å². The average Bonchev–Trinajstić information content (AvgIpc) is 2.87. The number of nitrogens with zero attached hydrogens (tertiary/aromatic N) is 2. The predicted octanol–water partition coefficient (Wildman–Crippen LogP) is 3.67. The molecule has 0 amide bonds. The van der Waals surface area contributed by atoms with E-state index in [0.717, 1.165) is 23.5 Å². The summed E-state index contributed by atoms with van der Waals surface area (Å²) in [5, 5.41) is 4.24. The van der Waals surface area contributed by atoms with Crippen LogP contribution in [0.3, 0.4) is 0 Å². The zero-order chi connectivity index (χ0) is 13.8. The minimum Gasteiger partial charge on any atom is -0.454 e. The Labute approximate surface area is 114 Å². The summed E-state index contributed by atoms with van der Waals surface area (Å²) in [6.07, 6.45) is 4.56. The van der Waals surface area contributed by atoms with E-state index in [1.54, 1.807) is 6.20 Å². The van der Waals surface area contributed by atoms with Gasteiger partial charge in [0, 0.05) is 12.1 Å². The second-order valence-electron chi connectivity index (χ2n) is 4.94. The van der Waals surface area contributed by atoms with Gasteiger partial charge in [-0.15, -0.1) is 0 Å². The maximum absolute atomic E-state index is 5.98. The molecule has 0 aliphatic heterocycles. The van der Waals surface area contributed by atoms with Crippen molar-refractivity contribution in [3.63, 3.8) is 0 Å². The van der Waals surface area contributed by atoms with E-state index in [2.05, 4.69) is 25.9 Å². The summed E-state index contributed by atoms with van der Waals surface area (Å²) < 4.78 is 7.63. The summed E-state index contributed by atoms with van der Waals surface area (Å²) in [6.45, 7) is 6.24. The zero-order valence-electron chi connectivity index (χ0n) is 11.7. The Morgan fingerprint density at radius 3 is 2.42 bits per heavy atom. The third-order valence-corrected chi connectivity index (χ3v) is 3.09. The van der Waals surface area contributed by atoms with Gasteiger partial charge in [0.2, 0.25) is 0 Å². The first kappa shape index (κ1) is 13.6. The maximum atomic E-state index is 5.98. The Balaban J connectivity index is 2.06. The smallest absolute Gasteiger partial charge is 0.165 e. The van der Waals surface area contributed by atoms with Crippen LogP contribution in [0.4, 0.5) is 0 Å². The van der Waals surface area contributed by atoms with Gasteiger partial charge in [0.05, 0.1) is 12.4 Å². The second-order valence-corrected chi connectivity index (χ2v) is 4.94. The fourth-order valence-electron chi connectivity index (χ4n) is 1.81. The molecule has 0 aliphatic rings. The molecule has 0 fully saturated rings. The van der Waals surface area contributed by atoms with Crippen molar-refractivity contribution >= 4 is 0 Å². The molecule has 1 heterocycles. The van der Waals surface area contributed by atoms with Gasteiger partial charge in [0.1, 0.15) is 5.75 Å².